The molecule has 0 saturated carbocycles. The standard InChI is InChI=1S/C13H16BrNO2/c1-9-6-15-7-12(9)13(16)17-8-10-3-2-4-11(14)5-10/h2-5,9,12,15H,6-8H2,1H3. The van der Waals surface area contributed by atoms with Gasteiger partial charge in [-0.25, -0.2) is 0 Å². The Labute approximate surface area is 110 Å². The van der Waals surface area contributed by atoms with Gasteiger partial charge < -0.3 is 10.1 Å². The molecule has 1 aromatic carbocycles. The second kappa shape index (κ2) is 5.65. The van der Waals surface area contributed by atoms with Crippen LogP contribution in [0.15, 0.2) is 28.7 Å². The van der Waals surface area contributed by atoms with Crippen LogP contribution in [0.1, 0.15) is 12.5 Å². The quantitative estimate of drug-likeness (QED) is 0.871. The van der Waals surface area contributed by atoms with E-state index >= 15 is 0 Å². The van der Waals surface area contributed by atoms with Crippen LogP contribution < -0.4 is 5.32 Å². The monoisotopic (exact) mass is 297 g/mol. The van der Waals surface area contributed by atoms with Crippen molar-refractivity contribution in [3.05, 3.63) is 34.3 Å². The molecular weight excluding hydrogens is 282 g/mol. The van der Waals surface area contributed by atoms with E-state index in [4.69, 9.17) is 4.74 Å². The minimum Gasteiger partial charge on any atom is -0.461 e. The van der Waals surface area contributed by atoms with Crippen LogP contribution in [0.4, 0.5) is 0 Å². The van der Waals surface area contributed by atoms with E-state index in [1.165, 1.54) is 0 Å². The van der Waals surface area contributed by atoms with E-state index in [9.17, 15) is 4.79 Å². The molecule has 17 heavy (non-hydrogen) atoms. The van der Waals surface area contributed by atoms with Gasteiger partial charge in [-0.05, 0) is 30.2 Å². The lowest BCUT2D eigenvalue weighted by molar-refractivity contribution is -0.150. The van der Waals surface area contributed by atoms with Crippen molar-refractivity contribution in [2.45, 2.75) is 13.5 Å². The van der Waals surface area contributed by atoms with Crippen molar-refractivity contribution in [3.63, 3.8) is 0 Å². The van der Waals surface area contributed by atoms with Crippen LogP contribution in [0.25, 0.3) is 0 Å². The number of hydrogen-bond donors (Lipinski definition) is 1. The van der Waals surface area contributed by atoms with Gasteiger partial charge in [0, 0.05) is 11.0 Å². The van der Waals surface area contributed by atoms with Crippen molar-refractivity contribution >= 4 is 21.9 Å². The highest BCUT2D eigenvalue weighted by Gasteiger charge is 2.30. The van der Waals surface area contributed by atoms with Crippen LogP contribution >= 0.6 is 15.9 Å². The number of halogens is 1. The first kappa shape index (κ1) is 12.6. The first-order valence-corrected chi connectivity index (χ1v) is 6.58. The molecular formula is C13H16BrNO2. The zero-order chi connectivity index (χ0) is 12.3. The maximum atomic E-state index is 11.8. The molecule has 1 aliphatic heterocycles. The van der Waals surface area contributed by atoms with Crippen molar-refractivity contribution in [3.8, 4) is 0 Å². The number of benzene rings is 1. The number of esters is 1. The van der Waals surface area contributed by atoms with Gasteiger partial charge in [-0.2, -0.15) is 0 Å². The highest BCUT2D eigenvalue weighted by molar-refractivity contribution is 9.10. The Balaban J connectivity index is 1.88. The van der Waals surface area contributed by atoms with E-state index in [0.717, 1.165) is 23.1 Å². The second-order valence-corrected chi connectivity index (χ2v) is 5.40. The van der Waals surface area contributed by atoms with Crippen molar-refractivity contribution in [2.75, 3.05) is 13.1 Å². The third kappa shape index (κ3) is 3.30. The van der Waals surface area contributed by atoms with Crippen LogP contribution in [-0.4, -0.2) is 19.1 Å². The maximum Gasteiger partial charge on any atom is 0.310 e. The Kier molecular flexibility index (Phi) is 4.18. The summed E-state index contributed by atoms with van der Waals surface area (Å²) in [6, 6.07) is 7.80. The lowest BCUT2D eigenvalue weighted by Gasteiger charge is -2.13. The van der Waals surface area contributed by atoms with Crippen LogP contribution in [-0.2, 0) is 16.1 Å². The van der Waals surface area contributed by atoms with E-state index in [2.05, 4.69) is 28.2 Å². The van der Waals surface area contributed by atoms with Gasteiger partial charge in [-0.1, -0.05) is 35.0 Å². The summed E-state index contributed by atoms with van der Waals surface area (Å²) >= 11 is 3.39. The molecule has 1 aliphatic rings. The average Bonchev–Trinajstić information content (AvgIpc) is 2.72. The Bertz CT molecular complexity index is 408. The Morgan fingerprint density at radius 1 is 1.53 bits per heavy atom. The van der Waals surface area contributed by atoms with E-state index in [-0.39, 0.29) is 11.9 Å². The van der Waals surface area contributed by atoms with Gasteiger partial charge in [0.1, 0.15) is 6.61 Å². The van der Waals surface area contributed by atoms with E-state index in [1.54, 1.807) is 0 Å². The molecule has 0 aliphatic carbocycles. The summed E-state index contributed by atoms with van der Waals surface area (Å²) in [4.78, 5) is 11.8. The second-order valence-electron chi connectivity index (χ2n) is 4.48. The van der Waals surface area contributed by atoms with Crippen molar-refractivity contribution in [2.24, 2.45) is 11.8 Å². The molecule has 3 nitrogen and oxygen atoms in total. The van der Waals surface area contributed by atoms with E-state index in [0.29, 0.717) is 12.5 Å². The number of carbonyl (C=O) groups is 1. The molecule has 2 atom stereocenters. The van der Waals surface area contributed by atoms with Crippen LogP contribution in [0, 0.1) is 11.8 Å². The molecule has 1 N–H and O–H groups in total. The van der Waals surface area contributed by atoms with E-state index in [1.807, 2.05) is 24.3 Å². The predicted octanol–water partition coefficient (Wildman–Crippen LogP) is 2.35. The highest BCUT2D eigenvalue weighted by atomic mass is 79.9. The van der Waals surface area contributed by atoms with Gasteiger partial charge in [0.25, 0.3) is 0 Å². The van der Waals surface area contributed by atoms with Crippen LogP contribution in [0.5, 0.6) is 0 Å². The first-order chi connectivity index (χ1) is 8.16. The summed E-state index contributed by atoms with van der Waals surface area (Å²) in [5.74, 6) is 0.273. The molecule has 0 radical (unpaired) electrons. The lowest BCUT2D eigenvalue weighted by atomic mass is 9.99. The first-order valence-electron chi connectivity index (χ1n) is 5.78. The van der Waals surface area contributed by atoms with Crippen molar-refractivity contribution < 1.29 is 9.53 Å². The zero-order valence-corrected chi connectivity index (χ0v) is 11.4. The smallest absolute Gasteiger partial charge is 0.310 e. The highest BCUT2D eigenvalue weighted by Crippen LogP contribution is 2.18. The largest absolute Gasteiger partial charge is 0.461 e. The number of carbonyl (C=O) groups excluding carboxylic acids is 1. The van der Waals surface area contributed by atoms with Crippen LogP contribution in [0.2, 0.25) is 0 Å². The molecule has 4 heteroatoms. The topological polar surface area (TPSA) is 38.3 Å². The molecule has 2 rings (SSSR count). The molecule has 0 spiro atoms. The fourth-order valence-corrected chi connectivity index (χ4v) is 2.46. The zero-order valence-electron chi connectivity index (χ0n) is 9.78. The minimum atomic E-state index is -0.0949. The van der Waals surface area contributed by atoms with Gasteiger partial charge in [0.05, 0.1) is 5.92 Å². The fourth-order valence-electron chi connectivity index (χ4n) is 2.01. The molecule has 1 aromatic rings. The Hall–Kier alpha value is -0.870. The summed E-state index contributed by atoms with van der Waals surface area (Å²) in [7, 11) is 0. The van der Waals surface area contributed by atoms with Crippen molar-refractivity contribution in [1.82, 2.24) is 5.32 Å². The average molecular weight is 298 g/mol. The molecule has 1 heterocycles. The third-order valence-corrected chi connectivity index (χ3v) is 3.58. The summed E-state index contributed by atoms with van der Waals surface area (Å²) in [5, 5.41) is 3.20. The predicted molar refractivity (Wildman–Crippen MR) is 69.5 cm³/mol. The van der Waals surface area contributed by atoms with Gasteiger partial charge in [-0.15, -0.1) is 0 Å². The maximum absolute atomic E-state index is 11.8. The van der Waals surface area contributed by atoms with Crippen LogP contribution in [0.3, 0.4) is 0 Å². The van der Waals surface area contributed by atoms with E-state index < -0.39 is 0 Å². The number of rotatable bonds is 3. The number of nitrogens with one attached hydrogen (secondary N) is 1. The van der Waals surface area contributed by atoms with Gasteiger partial charge in [0.15, 0.2) is 0 Å². The third-order valence-electron chi connectivity index (χ3n) is 3.09. The van der Waals surface area contributed by atoms with Gasteiger partial charge >= 0.3 is 5.97 Å². The number of ether oxygens (including phenoxy) is 1. The number of hydrogen-bond acceptors (Lipinski definition) is 3. The molecule has 2 unspecified atom stereocenters. The van der Waals surface area contributed by atoms with Gasteiger partial charge in [0.2, 0.25) is 0 Å². The minimum absolute atomic E-state index is 0.00199. The Morgan fingerprint density at radius 3 is 3.00 bits per heavy atom. The summed E-state index contributed by atoms with van der Waals surface area (Å²) in [6.07, 6.45) is 0. The SMILES string of the molecule is CC1CNCC1C(=O)OCc1cccc(Br)c1. The van der Waals surface area contributed by atoms with Gasteiger partial charge in [-0.3, -0.25) is 4.79 Å². The molecule has 92 valence electrons. The molecule has 0 amide bonds. The summed E-state index contributed by atoms with van der Waals surface area (Å²) in [6.45, 7) is 4.06. The normalized spacial score (nSPS) is 23.6. The molecule has 1 fully saturated rings. The lowest BCUT2D eigenvalue weighted by Crippen LogP contribution is -2.23. The Morgan fingerprint density at radius 2 is 2.35 bits per heavy atom. The van der Waals surface area contributed by atoms with Crippen molar-refractivity contribution in [1.29, 1.82) is 0 Å². The molecule has 1 saturated heterocycles. The summed E-state index contributed by atoms with van der Waals surface area (Å²) in [5.41, 5.74) is 1.01. The summed E-state index contributed by atoms with van der Waals surface area (Å²) < 4.78 is 6.34. The fraction of sp³-hybridized carbons (Fsp3) is 0.462. The molecule has 0 bridgehead atoms. The molecule has 0 aromatic heterocycles.